The van der Waals surface area contributed by atoms with E-state index in [9.17, 15) is 4.79 Å². The third-order valence-corrected chi connectivity index (χ3v) is 7.81. The molecule has 3 aromatic rings. The van der Waals surface area contributed by atoms with Gasteiger partial charge in [0.2, 0.25) is 0 Å². The van der Waals surface area contributed by atoms with Gasteiger partial charge < -0.3 is 24.1 Å². The van der Waals surface area contributed by atoms with E-state index in [4.69, 9.17) is 42.4 Å². The van der Waals surface area contributed by atoms with Crippen LogP contribution >= 0.6 is 34.5 Å². The molecule has 0 saturated carbocycles. The topological polar surface area (TPSA) is 74.6 Å². The third kappa shape index (κ3) is 6.06. The van der Waals surface area contributed by atoms with Crippen molar-refractivity contribution < 1.29 is 19.0 Å². The number of amides is 1. The Morgan fingerprint density at radius 1 is 1.14 bits per heavy atom. The molecule has 2 fully saturated rings. The Labute approximate surface area is 224 Å². The summed E-state index contributed by atoms with van der Waals surface area (Å²) in [4.78, 5) is 17.9. The molecule has 1 aromatic carbocycles. The molecule has 2 aromatic heterocycles. The molecule has 2 atom stereocenters. The molecule has 2 unspecified atom stereocenters. The lowest BCUT2D eigenvalue weighted by molar-refractivity contribution is 0.0855. The molecule has 36 heavy (non-hydrogen) atoms. The molecule has 192 valence electrons. The number of hydrogen-bond acceptors (Lipinski definition) is 6. The number of halogens is 2. The van der Waals surface area contributed by atoms with Crippen molar-refractivity contribution in [2.45, 2.75) is 58.0 Å². The second-order valence-electron chi connectivity index (χ2n) is 9.14. The number of rotatable bonds is 9. The molecule has 10 heteroatoms. The zero-order valence-corrected chi connectivity index (χ0v) is 22.4. The van der Waals surface area contributed by atoms with Crippen LogP contribution in [0.2, 0.25) is 10.0 Å². The first-order chi connectivity index (χ1) is 17.5. The largest absolute Gasteiger partial charge is 0.486 e. The van der Waals surface area contributed by atoms with E-state index in [1.165, 1.54) is 11.3 Å². The number of thiazole rings is 1. The lowest BCUT2D eigenvalue weighted by Crippen LogP contribution is -2.32. The standard InChI is InChI=1S/C26H29Cl2N3O4S/c1-16-22(26(32)29-12-19-4-2-6-33-19)11-24(31(16)13-20-5-3-7-34-20)23-15-36-25(30-23)14-35-21-9-17(27)8-18(28)10-21/h8-11,15,19-20H,2-7,12-14H2,1H3,(H,29,32). The highest BCUT2D eigenvalue weighted by molar-refractivity contribution is 7.09. The van der Waals surface area contributed by atoms with Crippen molar-refractivity contribution in [1.29, 1.82) is 0 Å². The molecule has 1 N–H and O–H groups in total. The van der Waals surface area contributed by atoms with E-state index in [0.717, 1.165) is 61.0 Å². The monoisotopic (exact) mass is 549 g/mol. The molecular weight excluding hydrogens is 521 g/mol. The zero-order valence-electron chi connectivity index (χ0n) is 20.1. The fourth-order valence-corrected chi connectivity index (χ4v) is 5.88. The summed E-state index contributed by atoms with van der Waals surface area (Å²) in [5, 5.41) is 6.90. The first kappa shape index (κ1) is 25.5. The predicted octanol–water partition coefficient (Wildman–Crippen LogP) is 5.89. The fraction of sp³-hybridized carbons (Fsp3) is 0.462. The van der Waals surface area contributed by atoms with Gasteiger partial charge in [-0.05, 0) is 56.9 Å². The molecule has 2 aliphatic rings. The van der Waals surface area contributed by atoms with Crippen molar-refractivity contribution in [3.05, 3.63) is 56.0 Å². The van der Waals surface area contributed by atoms with Gasteiger partial charge in [0.05, 0.1) is 29.2 Å². The molecule has 7 nitrogen and oxygen atoms in total. The highest BCUT2D eigenvalue weighted by Crippen LogP contribution is 2.30. The van der Waals surface area contributed by atoms with Crippen LogP contribution < -0.4 is 10.1 Å². The number of nitrogens with one attached hydrogen (secondary N) is 1. The molecule has 0 spiro atoms. The summed E-state index contributed by atoms with van der Waals surface area (Å²) in [6.07, 6.45) is 4.32. The van der Waals surface area contributed by atoms with Gasteiger partial charge >= 0.3 is 0 Å². The van der Waals surface area contributed by atoms with Crippen LogP contribution in [0, 0.1) is 6.92 Å². The Kier molecular flexibility index (Phi) is 8.18. The van der Waals surface area contributed by atoms with Gasteiger partial charge in [-0.3, -0.25) is 4.79 Å². The minimum absolute atomic E-state index is 0.0908. The summed E-state index contributed by atoms with van der Waals surface area (Å²) < 4.78 is 19.6. The van der Waals surface area contributed by atoms with E-state index in [0.29, 0.717) is 41.1 Å². The second-order valence-corrected chi connectivity index (χ2v) is 11.0. The van der Waals surface area contributed by atoms with Crippen LogP contribution in [-0.2, 0) is 22.6 Å². The summed E-state index contributed by atoms with van der Waals surface area (Å²) in [6.45, 7) is 5.03. The van der Waals surface area contributed by atoms with Crippen LogP contribution in [0.15, 0.2) is 29.6 Å². The molecule has 0 bridgehead atoms. The first-order valence-electron chi connectivity index (χ1n) is 12.2. The summed E-state index contributed by atoms with van der Waals surface area (Å²) in [5.74, 6) is 0.499. The highest BCUT2D eigenvalue weighted by Gasteiger charge is 2.25. The van der Waals surface area contributed by atoms with E-state index in [1.807, 2.05) is 18.4 Å². The number of aromatic nitrogens is 2. The maximum absolute atomic E-state index is 13.1. The summed E-state index contributed by atoms with van der Waals surface area (Å²) in [7, 11) is 0. The van der Waals surface area contributed by atoms with Crippen LogP contribution in [0.1, 0.15) is 46.7 Å². The number of ether oxygens (including phenoxy) is 3. The van der Waals surface area contributed by atoms with Gasteiger partial charge in [0.1, 0.15) is 17.4 Å². The maximum atomic E-state index is 13.1. The Morgan fingerprint density at radius 3 is 2.56 bits per heavy atom. The molecule has 0 radical (unpaired) electrons. The number of carbonyl (C=O) groups excluding carboxylic acids is 1. The molecule has 4 heterocycles. The van der Waals surface area contributed by atoms with Crippen LogP contribution in [-0.4, -0.2) is 47.4 Å². The Balaban J connectivity index is 1.35. The van der Waals surface area contributed by atoms with E-state index in [-0.39, 0.29) is 18.1 Å². The molecular formula is C26H29Cl2N3O4S. The number of nitrogens with zero attached hydrogens (tertiary/aromatic N) is 2. The number of hydrogen-bond donors (Lipinski definition) is 1. The van der Waals surface area contributed by atoms with Crippen LogP contribution in [0.5, 0.6) is 5.75 Å². The lowest BCUT2D eigenvalue weighted by Gasteiger charge is -2.16. The van der Waals surface area contributed by atoms with Crippen molar-refractivity contribution in [2.24, 2.45) is 0 Å². The Morgan fingerprint density at radius 2 is 1.86 bits per heavy atom. The van der Waals surface area contributed by atoms with Crippen molar-refractivity contribution in [2.75, 3.05) is 19.8 Å². The fourth-order valence-electron chi connectivity index (χ4n) is 4.67. The molecule has 1 amide bonds. The van der Waals surface area contributed by atoms with E-state index < -0.39 is 0 Å². The van der Waals surface area contributed by atoms with Crippen molar-refractivity contribution >= 4 is 40.4 Å². The SMILES string of the molecule is Cc1c(C(=O)NCC2CCCO2)cc(-c2csc(COc3cc(Cl)cc(Cl)c3)n2)n1CC1CCCO1. The average Bonchev–Trinajstić information content (AvgIpc) is 3.65. The number of carbonyl (C=O) groups is 1. The number of benzene rings is 1. The van der Waals surface area contributed by atoms with Gasteiger partial charge in [0.25, 0.3) is 5.91 Å². The predicted molar refractivity (Wildman–Crippen MR) is 141 cm³/mol. The van der Waals surface area contributed by atoms with Gasteiger partial charge in [-0.25, -0.2) is 4.98 Å². The lowest BCUT2D eigenvalue weighted by atomic mass is 10.2. The Hall–Kier alpha value is -2.10. The summed E-state index contributed by atoms with van der Waals surface area (Å²) in [5.41, 5.74) is 3.27. The van der Waals surface area contributed by atoms with Crippen LogP contribution in [0.3, 0.4) is 0 Å². The minimum atomic E-state index is -0.0908. The Bertz CT molecular complexity index is 1200. The van der Waals surface area contributed by atoms with Crippen LogP contribution in [0.25, 0.3) is 11.4 Å². The molecule has 0 aliphatic carbocycles. The second kappa shape index (κ2) is 11.5. The average molecular weight is 551 g/mol. The smallest absolute Gasteiger partial charge is 0.253 e. The van der Waals surface area contributed by atoms with Gasteiger partial charge in [0.15, 0.2) is 0 Å². The summed E-state index contributed by atoms with van der Waals surface area (Å²) in [6, 6.07) is 7.04. The van der Waals surface area contributed by atoms with Gasteiger partial charge in [-0.2, -0.15) is 0 Å². The maximum Gasteiger partial charge on any atom is 0.253 e. The zero-order chi connectivity index (χ0) is 25.1. The highest BCUT2D eigenvalue weighted by atomic mass is 35.5. The normalized spacial score (nSPS) is 19.6. The first-order valence-corrected chi connectivity index (χ1v) is 13.8. The van der Waals surface area contributed by atoms with Crippen molar-refractivity contribution in [3.63, 3.8) is 0 Å². The van der Waals surface area contributed by atoms with Crippen LogP contribution in [0.4, 0.5) is 0 Å². The van der Waals surface area contributed by atoms with Gasteiger partial charge in [-0.1, -0.05) is 23.2 Å². The molecule has 2 aliphatic heterocycles. The van der Waals surface area contributed by atoms with E-state index >= 15 is 0 Å². The van der Waals surface area contributed by atoms with Crippen molar-refractivity contribution in [3.8, 4) is 17.1 Å². The van der Waals surface area contributed by atoms with Gasteiger partial charge in [-0.15, -0.1) is 11.3 Å². The van der Waals surface area contributed by atoms with Crippen molar-refractivity contribution in [1.82, 2.24) is 14.9 Å². The van der Waals surface area contributed by atoms with E-state index in [2.05, 4.69) is 9.88 Å². The molecule has 2 saturated heterocycles. The molecule has 5 rings (SSSR count). The quantitative estimate of drug-likeness (QED) is 0.360. The minimum Gasteiger partial charge on any atom is -0.486 e. The third-order valence-electron chi connectivity index (χ3n) is 6.55. The van der Waals surface area contributed by atoms with Gasteiger partial charge in [0, 0.05) is 47.4 Å². The summed E-state index contributed by atoms with van der Waals surface area (Å²) >= 11 is 13.7. The van der Waals surface area contributed by atoms with E-state index in [1.54, 1.807) is 18.2 Å².